The van der Waals surface area contributed by atoms with Crippen LogP contribution < -0.4 is 0 Å². The van der Waals surface area contributed by atoms with Gasteiger partial charge in [-0.1, -0.05) is 0 Å². The molecule has 0 aromatic heterocycles. The number of benzene rings is 1. The average Bonchev–Trinajstić information content (AvgIpc) is 2.22. The molecule has 0 saturated carbocycles. The second-order valence-corrected chi connectivity index (χ2v) is 3.37. The number of phenolic OH excluding ortho intramolecular Hbond substituents is 2. The van der Waals surface area contributed by atoms with Gasteiger partial charge in [-0.25, -0.2) is 9.59 Å². The smallest absolute Gasteiger partial charge is 0.335 e. The monoisotopic (exact) mass is 238 g/mol. The number of hydrogen-bond donors (Lipinski definition) is 4. The number of hydrogen-bond acceptors (Lipinski definition) is 4. The lowest BCUT2D eigenvalue weighted by Gasteiger charge is -2.05. The highest BCUT2D eigenvalue weighted by molar-refractivity contribution is 5.94. The number of phenols is 2. The van der Waals surface area contributed by atoms with Gasteiger partial charge in [0, 0.05) is 5.57 Å². The Morgan fingerprint density at radius 1 is 1.12 bits per heavy atom. The summed E-state index contributed by atoms with van der Waals surface area (Å²) < 4.78 is 0. The summed E-state index contributed by atoms with van der Waals surface area (Å²) in [7, 11) is 0. The minimum atomic E-state index is -1.30. The SMILES string of the molecule is C/C(=C\c1c(O)cc(C(=O)O)cc1O)C(=O)O. The molecule has 0 atom stereocenters. The largest absolute Gasteiger partial charge is 0.507 e. The first-order chi connectivity index (χ1) is 7.82. The minimum absolute atomic E-state index is 0.0984. The molecule has 0 aliphatic rings. The van der Waals surface area contributed by atoms with Crippen molar-refractivity contribution in [2.24, 2.45) is 0 Å². The Labute approximate surface area is 96.1 Å². The molecular weight excluding hydrogens is 228 g/mol. The number of carboxylic acid groups (broad SMARTS) is 2. The Morgan fingerprint density at radius 2 is 1.59 bits per heavy atom. The fraction of sp³-hybridized carbons (Fsp3) is 0.0909. The van der Waals surface area contributed by atoms with E-state index in [9.17, 15) is 19.8 Å². The van der Waals surface area contributed by atoms with Crippen molar-refractivity contribution in [3.8, 4) is 11.5 Å². The molecule has 1 aromatic carbocycles. The van der Waals surface area contributed by atoms with E-state index in [1.54, 1.807) is 0 Å². The normalized spacial score (nSPS) is 11.2. The Balaban J connectivity index is 3.33. The predicted octanol–water partition coefficient (Wildman–Crippen LogP) is 1.28. The molecule has 0 unspecified atom stereocenters. The van der Waals surface area contributed by atoms with E-state index >= 15 is 0 Å². The third kappa shape index (κ3) is 2.75. The maximum Gasteiger partial charge on any atom is 0.335 e. The Hall–Kier alpha value is -2.50. The second kappa shape index (κ2) is 4.56. The van der Waals surface area contributed by atoms with Crippen molar-refractivity contribution in [1.82, 2.24) is 0 Å². The van der Waals surface area contributed by atoms with Gasteiger partial charge >= 0.3 is 11.9 Å². The van der Waals surface area contributed by atoms with Crippen molar-refractivity contribution in [2.75, 3.05) is 0 Å². The summed E-state index contributed by atoms with van der Waals surface area (Å²) in [6.07, 6.45) is 1.05. The topological polar surface area (TPSA) is 115 Å². The van der Waals surface area contributed by atoms with Crippen LogP contribution in [0, 0.1) is 0 Å². The van der Waals surface area contributed by atoms with Crippen molar-refractivity contribution in [1.29, 1.82) is 0 Å². The molecule has 0 amide bonds. The Bertz CT molecular complexity index is 492. The van der Waals surface area contributed by atoms with Crippen LogP contribution in [0.4, 0.5) is 0 Å². The van der Waals surface area contributed by atoms with Gasteiger partial charge in [-0.3, -0.25) is 0 Å². The number of rotatable bonds is 3. The summed E-state index contributed by atoms with van der Waals surface area (Å²) in [6, 6.07) is 1.87. The van der Waals surface area contributed by atoms with Crippen LogP contribution in [0.1, 0.15) is 22.8 Å². The molecule has 6 heteroatoms. The third-order valence-electron chi connectivity index (χ3n) is 2.08. The average molecular weight is 238 g/mol. The van der Waals surface area contributed by atoms with Crippen LogP contribution in [0.3, 0.4) is 0 Å². The maximum atomic E-state index is 10.6. The first kappa shape index (κ1) is 12.6. The highest BCUT2D eigenvalue weighted by atomic mass is 16.4. The van der Waals surface area contributed by atoms with Gasteiger partial charge in [0.05, 0.1) is 11.1 Å². The number of aromatic carboxylic acids is 1. The number of aromatic hydroxyl groups is 2. The molecule has 0 bridgehead atoms. The van der Waals surface area contributed by atoms with E-state index in [1.165, 1.54) is 6.92 Å². The summed E-state index contributed by atoms with van der Waals surface area (Å²) in [4.78, 5) is 21.2. The van der Waals surface area contributed by atoms with Crippen molar-refractivity contribution >= 4 is 18.0 Å². The van der Waals surface area contributed by atoms with Gasteiger partial charge in [0.25, 0.3) is 0 Å². The van der Waals surface area contributed by atoms with Crippen LogP contribution in [-0.2, 0) is 4.79 Å². The Kier molecular flexibility index (Phi) is 3.37. The van der Waals surface area contributed by atoms with Crippen molar-refractivity contribution in [3.05, 3.63) is 28.8 Å². The summed E-state index contributed by atoms with van der Waals surface area (Å²) >= 11 is 0. The quantitative estimate of drug-likeness (QED) is 0.589. The van der Waals surface area contributed by atoms with E-state index in [0.29, 0.717) is 0 Å². The minimum Gasteiger partial charge on any atom is -0.507 e. The first-order valence-electron chi connectivity index (χ1n) is 4.53. The van der Waals surface area contributed by atoms with Crippen LogP contribution in [0.2, 0.25) is 0 Å². The van der Waals surface area contributed by atoms with E-state index < -0.39 is 23.4 Å². The standard InChI is InChI=1S/C11H10O6/c1-5(10(14)15)2-7-8(12)3-6(11(16)17)4-9(7)13/h2-4,12-13H,1H3,(H,14,15)(H,16,17)/b5-2+. The lowest BCUT2D eigenvalue weighted by molar-refractivity contribution is -0.132. The van der Waals surface area contributed by atoms with Gasteiger partial charge in [0.15, 0.2) is 0 Å². The maximum absolute atomic E-state index is 10.6. The molecule has 1 aromatic rings. The van der Waals surface area contributed by atoms with Crippen LogP contribution in [0.5, 0.6) is 11.5 Å². The molecule has 0 saturated heterocycles. The van der Waals surface area contributed by atoms with Gasteiger partial charge in [-0.05, 0) is 25.1 Å². The zero-order valence-corrected chi connectivity index (χ0v) is 8.84. The van der Waals surface area contributed by atoms with Crippen LogP contribution >= 0.6 is 0 Å². The van der Waals surface area contributed by atoms with Gasteiger partial charge < -0.3 is 20.4 Å². The van der Waals surface area contributed by atoms with E-state index in [1.807, 2.05) is 0 Å². The Morgan fingerprint density at radius 3 is 1.94 bits per heavy atom. The highest BCUT2D eigenvalue weighted by Crippen LogP contribution is 2.31. The van der Waals surface area contributed by atoms with Crippen LogP contribution in [0.15, 0.2) is 17.7 Å². The summed E-state index contributed by atoms with van der Waals surface area (Å²) in [5.74, 6) is -3.50. The second-order valence-electron chi connectivity index (χ2n) is 3.37. The van der Waals surface area contributed by atoms with Gasteiger partial charge in [-0.2, -0.15) is 0 Å². The highest BCUT2D eigenvalue weighted by Gasteiger charge is 2.13. The third-order valence-corrected chi connectivity index (χ3v) is 2.08. The van der Waals surface area contributed by atoms with Crippen molar-refractivity contribution in [3.63, 3.8) is 0 Å². The zero-order valence-electron chi connectivity index (χ0n) is 8.84. The van der Waals surface area contributed by atoms with Gasteiger partial charge in [0.2, 0.25) is 0 Å². The molecule has 0 spiro atoms. The number of carboxylic acids is 2. The lowest BCUT2D eigenvalue weighted by atomic mass is 10.1. The fourth-order valence-corrected chi connectivity index (χ4v) is 1.17. The van der Waals surface area contributed by atoms with E-state index in [4.69, 9.17) is 10.2 Å². The molecular formula is C11H10O6. The lowest BCUT2D eigenvalue weighted by Crippen LogP contribution is -1.98. The van der Waals surface area contributed by atoms with Crippen LogP contribution in [-0.4, -0.2) is 32.4 Å². The number of aliphatic carboxylic acids is 1. The molecule has 90 valence electrons. The van der Waals surface area contributed by atoms with Gasteiger partial charge in [-0.15, -0.1) is 0 Å². The van der Waals surface area contributed by atoms with E-state index in [2.05, 4.69) is 0 Å². The molecule has 0 aliphatic carbocycles. The molecule has 4 N–H and O–H groups in total. The number of carbonyl (C=O) groups is 2. The summed E-state index contributed by atoms with van der Waals surface area (Å²) in [6.45, 7) is 1.28. The molecule has 0 aliphatic heterocycles. The summed E-state index contributed by atoms with van der Waals surface area (Å²) in [5, 5.41) is 36.3. The summed E-state index contributed by atoms with van der Waals surface area (Å²) in [5.41, 5.74) is -0.515. The molecule has 1 rings (SSSR count). The zero-order chi connectivity index (χ0) is 13.2. The van der Waals surface area contributed by atoms with Crippen molar-refractivity contribution in [2.45, 2.75) is 6.92 Å². The molecule has 0 radical (unpaired) electrons. The molecule has 6 nitrogen and oxygen atoms in total. The fourth-order valence-electron chi connectivity index (χ4n) is 1.17. The predicted molar refractivity (Wildman–Crippen MR) is 58.0 cm³/mol. The molecule has 0 fully saturated rings. The van der Waals surface area contributed by atoms with Crippen LogP contribution in [0.25, 0.3) is 6.08 Å². The van der Waals surface area contributed by atoms with Crippen molar-refractivity contribution < 1.29 is 30.0 Å². The molecule has 17 heavy (non-hydrogen) atoms. The van der Waals surface area contributed by atoms with Gasteiger partial charge in [0.1, 0.15) is 11.5 Å². The first-order valence-corrected chi connectivity index (χ1v) is 4.53. The van der Waals surface area contributed by atoms with E-state index in [0.717, 1.165) is 18.2 Å². The molecule has 0 heterocycles. The van der Waals surface area contributed by atoms with E-state index in [-0.39, 0.29) is 16.7 Å².